The summed E-state index contributed by atoms with van der Waals surface area (Å²) >= 11 is 0. The Balaban J connectivity index is 2.62. The normalized spacial score (nSPS) is 16.3. The number of aliphatic hydroxyl groups is 3. The van der Waals surface area contributed by atoms with Crippen LogP contribution in [0.1, 0.15) is 11.8 Å². The van der Waals surface area contributed by atoms with Crippen molar-refractivity contribution >= 4 is 0 Å². The van der Waals surface area contributed by atoms with Crippen molar-refractivity contribution in [3.8, 4) is 0 Å². The van der Waals surface area contributed by atoms with Crippen molar-refractivity contribution in [1.82, 2.24) is 4.98 Å². The third-order valence-corrected chi connectivity index (χ3v) is 1.31. The molecule has 2 unspecified atom stereocenters. The maximum atomic E-state index is 9.15. The van der Waals surface area contributed by atoms with Crippen molar-refractivity contribution < 1.29 is 19.7 Å². The summed E-state index contributed by atoms with van der Waals surface area (Å²) in [6, 6.07) is 0. The van der Waals surface area contributed by atoms with Crippen LogP contribution in [0.25, 0.3) is 0 Å². The SMILES string of the molecule is OCC(O)C(O)c1cocn1. The van der Waals surface area contributed by atoms with Gasteiger partial charge in [-0.25, -0.2) is 4.98 Å². The highest BCUT2D eigenvalue weighted by Crippen LogP contribution is 2.13. The van der Waals surface area contributed by atoms with Crippen molar-refractivity contribution in [2.45, 2.75) is 12.2 Å². The summed E-state index contributed by atoms with van der Waals surface area (Å²) in [5.41, 5.74) is 0.214. The number of hydrogen-bond donors (Lipinski definition) is 3. The molecule has 1 heterocycles. The molecular formula is C6H9NO4. The Hall–Kier alpha value is -0.910. The van der Waals surface area contributed by atoms with Crippen LogP contribution in [0.4, 0.5) is 0 Å². The van der Waals surface area contributed by atoms with E-state index in [2.05, 4.69) is 9.40 Å². The summed E-state index contributed by atoms with van der Waals surface area (Å²) in [7, 11) is 0. The van der Waals surface area contributed by atoms with Crippen LogP contribution >= 0.6 is 0 Å². The second kappa shape index (κ2) is 3.47. The standard InChI is InChI=1S/C6H9NO4/c8-1-5(9)6(10)4-2-11-3-7-4/h2-3,5-6,8-10H,1H2. The lowest BCUT2D eigenvalue weighted by Crippen LogP contribution is -2.22. The smallest absolute Gasteiger partial charge is 0.180 e. The number of aliphatic hydroxyl groups excluding tert-OH is 3. The summed E-state index contributed by atoms with van der Waals surface area (Å²) in [6.07, 6.45) is -0.0366. The van der Waals surface area contributed by atoms with Crippen molar-refractivity contribution in [3.05, 3.63) is 18.4 Å². The van der Waals surface area contributed by atoms with E-state index in [9.17, 15) is 0 Å². The minimum Gasteiger partial charge on any atom is -0.451 e. The van der Waals surface area contributed by atoms with E-state index >= 15 is 0 Å². The first-order valence-corrected chi connectivity index (χ1v) is 3.10. The molecule has 1 aromatic rings. The summed E-state index contributed by atoms with van der Waals surface area (Å²) in [6.45, 7) is -0.506. The van der Waals surface area contributed by atoms with Crippen LogP contribution in [0, 0.1) is 0 Å². The molecule has 3 N–H and O–H groups in total. The van der Waals surface area contributed by atoms with E-state index in [-0.39, 0.29) is 5.69 Å². The monoisotopic (exact) mass is 159 g/mol. The molecule has 1 rings (SSSR count). The summed E-state index contributed by atoms with van der Waals surface area (Å²) in [4.78, 5) is 3.60. The molecule has 0 bridgehead atoms. The first kappa shape index (κ1) is 8.19. The molecule has 0 aliphatic heterocycles. The van der Waals surface area contributed by atoms with Crippen LogP contribution in [0.3, 0.4) is 0 Å². The third kappa shape index (κ3) is 1.76. The fraction of sp³-hybridized carbons (Fsp3) is 0.500. The highest BCUT2D eigenvalue weighted by molar-refractivity contribution is 4.98. The molecule has 0 saturated heterocycles. The van der Waals surface area contributed by atoms with E-state index < -0.39 is 18.8 Å². The molecule has 2 atom stereocenters. The fourth-order valence-corrected chi connectivity index (χ4v) is 0.665. The maximum absolute atomic E-state index is 9.15. The average Bonchev–Trinajstić information content (AvgIpc) is 2.53. The van der Waals surface area contributed by atoms with E-state index in [1.54, 1.807) is 0 Å². The number of rotatable bonds is 3. The first-order valence-electron chi connectivity index (χ1n) is 3.10. The molecule has 0 aliphatic rings. The molecule has 0 aliphatic carbocycles. The second-order valence-electron chi connectivity index (χ2n) is 2.11. The molecule has 62 valence electrons. The van der Waals surface area contributed by atoms with E-state index in [0.29, 0.717) is 0 Å². The topological polar surface area (TPSA) is 86.7 Å². The van der Waals surface area contributed by atoms with Crippen LogP contribution in [0.15, 0.2) is 17.1 Å². The predicted molar refractivity (Wildman–Crippen MR) is 34.6 cm³/mol. The van der Waals surface area contributed by atoms with Gasteiger partial charge in [-0.1, -0.05) is 0 Å². The first-order chi connectivity index (χ1) is 5.25. The Labute approximate surface area is 62.9 Å². The van der Waals surface area contributed by atoms with Gasteiger partial charge >= 0.3 is 0 Å². The minimum atomic E-state index is -1.21. The molecule has 1 aromatic heterocycles. The molecule has 0 fully saturated rings. The minimum absolute atomic E-state index is 0.214. The quantitative estimate of drug-likeness (QED) is 0.530. The molecule has 0 saturated carbocycles. The van der Waals surface area contributed by atoms with Crippen LogP contribution in [-0.4, -0.2) is 33.0 Å². The zero-order valence-corrected chi connectivity index (χ0v) is 5.71. The van der Waals surface area contributed by atoms with E-state index in [1.165, 1.54) is 6.26 Å². The maximum Gasteiger partial charge on any atom is 0.180 e. The van der Waals surface area contributed by atoms with Gasteiger partial charge in [0, 0.05) is 0 Å². The van der Waals surface area contributed by atoms with Crippen molar-refractivity contribution in [2.24, 2.45) is 0 Å². The zero-order valence-electron chi connectivity index (χ0n) is 5.71. The van der Waals surface area contributed by atoms with Gasteiger partial charge in [0.25, 0.3) is 0 Å². The summed E-state index contributed by atoms with van der Waals surface area (Å²) in [5, 5.41) is 26.5. The number of hydrogen-bond acceptors (Lipinski definition) is 5. The predicted octanol–water partition coefficient (Wildman–Crippen LogP) is -0.939. The Morgan fingerprint density at radius 2 is 2.27 bits per heavy atom. The molecule has 0 spiro atoms. The third-order valence-electron chi connectivity index (χ3n) is 1.31. The average molecular weight is 159 g/mol. The largest absolute Gasteiger partial charge is 0.451 e. The second-order valence-corrected chi connectivity index (χ2v) is 2.11. The van der Waals surface area contributed by atoms with E-state index in [0.717, 1.165) is 6.39 Å². The van der Waals surface area contributed by atoms with Gasteiger partial charge in [-0.05, 0) is 0 Å². The van der Waals surface area contributed by atoms with Gasteiger partial charge in [0.05, 0.1) is 6.61 Å². The number of aromatic nitrogens is 1. The molecular weight excluding hydrogens is 150 g/mol. The lowest BCUT2D eigenvalue weighted by molar-refractivity contribution is -0.0173. The summed E-state index contributed by atoms with van der Waals surface area (Å²) < 4.78 is 4.57. The highest BCUT2D eigenvalue weighted by Gasteiger charge is 2.19. The van der Waals surface area contributed by atoms with Gasteiger partial charge in [-0.3, -0.25) is 0 Å². The van der Waals surface area contributed by atoms with Crippen LogP contribution in [0.5, 0.6) is 0 Å². The van der Waals surface area contributed by atoms with Crippen LogP contribution in [0.2, 0.25) is 0 Å². The zero-order chi connectivity index (χ0) is 8.27. The molecule has 0 aromatic carbocycles. The molecule has 0 amide bonds. The van der Waals surface area contributed by atoms with Crippen molar-refractivity contribution in [1.29, 1.82) is 0 Å². The Morgan fingerprint density at radius 3 is 2.73 bits per heavy atom. The van der Waals surface area contributed by atoms with Crippen LogP contribution in [-0.2, 0) is 0 Å². The fourth-order valence-electron chi connectivity index (χ4n) is 0.665. The van der Waals surface area contributed by atoms with Crippen molar-refractivity contribution in [2.75, 3.05) is 6.61 Å². The van der Waals surface area contributed by atoms with Crippen molar-refractivity contribution in [3.63, 3.8) is 0 Å². The molecule has 11 heavy (non-hydrogen) atoms. The molecule has 5 heteroatoms. The van der Waals surface area contributed by atoms with Gasteiger partial charge in [0.15, 0.2) is 6.39 Å². The molecule has 0 radical (unpaired) electrons. The van der Waals surface area contributed by atoms with E-state index in [4.69, 9.17) is 15.3 Å². The lowest BCUT2D eigenvalue weighted by atomic mass is 10.2. The van der Waals surface area contributed by atoms with Gasteiger partial charge < -0.3 is 19.7 Å². The molecule has 5 nitrogen and oxygen atoms in total. The van der Waals surface area contributed by atoms with Gasteiger partial charge in [0.1, 0.15) is 24.2 Å². The number of nitrogens with zero attached hydrogens (tertiary/aromatic N) is 1. The highest BCUT2D eigenvalue weighted by atomic mass is 16.4. The Kier molecular flexibility index (Phi) is 2.58. The summed E-state index contributed by atoms with van der Waals surface area (Å²) in [5.74, 6) is 0. The number of oxazole rings is 1. The van der Waals surface area contributed by atoms with Gasteiger partial charge in [0.2, 0.25) is 0 Å². The van der Waals surface area contributed by atoms with Gasteiger partial charge in [-0.15, -0.1) is 0 Å². The van der Waals surface area contributed by atoms with Gasteiger partial charge in [-0.2, -0.15) is 0 Å². The van der Waals surface area contributed by atoms with Crippen LogP contribution < -0.4 is 0 Å². The Bertz CT molecular complexity index is 198. The van der Waals surface area contributed by atoms with E-state index in [1.807, 2.05) is 0 Å². The lowest BCUT2D eigenvalue weighted by Gasteiger charge is -2.11. The Morgan fingerprint density at radius 1 is 1.55 bits per heavy atom.